The predicted octanol–water partition coefficient (Wildman–Crippen LogP) is 3.70. The fraction of sp³-hybridized carbons (Fsp3) is 0.429. The van der Waals surface area contributed by atoms with E-state index in [0.717, 1.165) is 4.90 Å². The fourth-order valence-electron chi connectivity index (χ4n) is 2.19. The van der Waals surface area contributed by atoms with Crippen LogP contribution < -0.4 is 0 Å². The van der Waals surface area contributed by atoms with E-state index in [1.165, 1.54) is 13.8 Å². The molecule has 0 saturated heterocycles. The molecule has 0 spiro atoms. The zero-order valence-corrected chi connectivity index (χ0v) is 12.3. The highest BCUT2D eigenvalue weighted by Gasteiger charge is 2.40. The first-order valence-corrected chi connectivity index (χ1v) is 7.14. The molecule has 0 aromatic heterocycles. The highest BCUT2D eigenvalue weighted by Crippen LogP contribution is 2.42. The van der Waals surface area contributed by atoms with Gasteiger partial charge in [-0.1, -0.05) is 26.0 Å². The summed E-state index contributed by atoms with van der Waals surface area (Å²) in [6, 6.07) is 6.39. The van der Waals surface area contributed by atoms with Gasteiger partial charge in [-0.05, 0) is 30.3 Å². The van der Waals surface area contributed by atoms with Crippen molar-refractivity contribution in [3.63, 3.8) is 0 Å². The number of fused-ring (bicyclic) bond motifs is 1. The van der Waals surface area contributed by atoms with E-state index in [1.54, 1.807) is 24.3 Å². The number of amides is 2. The van der Waals surface area contributed by atoms with Gasteiger partial charge in [0, 0.05) is 11.3 Å². The number of hydrogen-bond acceptors (Lipinski definition) is 3. The molecule has 2 amide bonds. The van der Waals surface area contributed by atoms with Crippen molar-refractivity contribution in [3.8, 4) is 0 Å². The molecule has 114 valence electrons. The maximum atomic E-state index is 12.4. The van der Waals surface area contributed by atoms with Crippen molar-refractivity contribution < 1.29 is 22.8 Å². The van der Waals surface area contributed by atoms with Gasteiger partial charge < -0.3 is 0 Å². The molecule has 0 N–H and O–H groups in total. The molecule has 1 aliphatic rings. The van der Waals surface area contributed by atoms with Crippen LogP contribution in [0.5, 0.6) is 0 Å². The summed E-state index contributed by atoms with van der Waals surface area (Å²) in [5.41, 5.74) is -3.72. The second kappa shape index (κ2) is 5.36. The second-order valence-corrected chi connectivity index (χ2v) is 7.14. The lowest BCUT2D eigenvalue weighted by Gasteiger charge is -2.27. The van der Waals surface area contributed by atoms with E-state index in [9.17, 15) is 22.8 Å². The Morgan fingerprint density at radius 2 is 1.52 bits per heavy atom. The molecule has 1 aliphatic heterocycles. The van der Waals surface area contributed by atoms with E-state index in [2.05, 4.69) is 0 Å². The van der Waals surface area contributed by atoms with Crippen LogP contribution in [0.2, 0.25) is 0 Å². The van der Waals surface area contributed by atoms with Crippen LogP contribution in [-0.2, 0) is 0 Å². The van der Waals surface area contributed by atoms with Crippen molar-refractivity contribution >= 4 is 23.6 Å². The van der Waals surface area contributed by atoms with Gasteiger partial charge in [0.15, 0.2) is 0 Å². The van der Waals surface area contributed by atoms with Gasteiger partial charge in [0.2, 0.25) is 0 Å². The Hall–Kier alpha value is -1.50. The highest BCUT2D eigenvalue weighted by atomic mass is 32.2. The lowest BCUT2D eigenvalue weighted by molar-refractivity contribution is -0.0341. The third-order valence-corrected chi connectivity index (χ3v) is 4.20. The van der Waals surface area contributed by atoms with Gasteiger partial charge in [-0.3, -0.25) is 14.5 Å². The number of carbonyl (C=O) groups excluding carboxylic acids is 2. The van der Waals surface area contributed by atoms with Crippen LogP contribution in [0.1, 0.15) is 41.0 Å². The van der Waals surface area contributed by atoms with Crippen molar-refractivity contribution in [2.45, 2.75) is 30.5 Å². The zero-order valence-electron chi connectivity index (χ0n) is 11.5. The third-order valence-electron chi connectivity index (χ3n) is 3.21. The molecule has 0 radical (unpaired) electrons. The molecule has 3 nitrogen and oxygen atoms in total. The van der Waals surface area contributed by atoms with Gasteiger partial charge >= 0.3 is 5.51 Å². The first-order valence-electron chi connectivity index (χ1n) is 6.33. The fourth-order valence-corrected chi connectivity index (χ4v) is 3.01. The van der Waals surface area contributed by atoms with E-state index < -0.39 is 22.1 Å². The van der Waals surface area contributed by atoms with Crippen LogP contribution in [0.4, 0.5) is 13.2 Å². The number of carbonyl (C=O) groups is 2. The summed E-state index contributed by atoms with van der Waals surface area (Å²) in [4.78, 5) is 25.2. The Balaban J connectivity index is 2.06. The molecule has 1 heterocycles. The molecule has 7 heteroatoms. The summed E-state index contributed by atoms with van der Waals surface area (Å²) in [5, 5.41) is 0. The van der Waals surface area contributed by atoms with Gasteiger partial charge in [-0.15, -0.1) is 0 Å². The Labute approximate surface area is 124 Å². The zero-order chi connectivity index (χ0) is 15.8. The van der Waals surface area contributed by atoms with Crippen molar-refractivity contribution in [2.75, 3.05) is 6.54 Å². The number of nitrogens with zero attached hydrogens (tertiary/aromatic N) is 1. The lowest BCUT2D eigenvalue weighted by Crippen LogP contribution is -2.35. The second-order valence-electron chi connectivity index (χ2n) is 5.37. The molecule has 21 heavy (non-hydrogen) atoms. The van der Waals surface area contributed by atoms with Crippen LogP contribution in [-0.4, -0.2) is 33.5 Å². The molecular formula is C14H14F3NO2S. The largest absolute Gasteiger partial charge is 0.442 e. The normalized spacial score (nSPS) is 15.6. The van der Waals surface area contributed by atoms with Gasteiger partial charge in [0.1, 0.15) is 0 Å². The molecule has 0 bridgehead atoms. The molecule has 0 saturated carbocycles. The summed E-state index contributed by atoms with van der Waals surface area (Å²) in [5.74, 6) is -0.883. The highest BCUT2D eigenvalue weighted by molar-refractivity contribution is 8.01. The first-order chi connectivity index (χ1) is 9.61. The molecular weight excluding hydrogens is 303 g/mol. The van der Waals surface area contributed by atoms with E-state index in [0.29, 0.717) is 11.1 Å². The number of benzene rings is 1. The minimum absolute atomic E-state index is 0.0254. The summed E-state index contributed by atoms with van der Waals surface area (Å²) in [7, 11) is 0. The Morgan fingerprint density at radius 1 is 1.05 bits per heavy atom. The van der Waals surface area contributed by atoms with Crippen LogP contribution in [0.15, 0.2) is 24.3 Å². The topological polar surface area (TPSA) is 37.4 Å². The standard InChI is InChI=1S/C14H14F3NO2S/c1-13(2,21-14(15,16)17)7-8-18-11(19)9-5-3-4-6-10(9)12(18)20/h3-6H,7-8H2,1-2H3. The van der Waals surface area contributed by atoms with Crippen LogP contribution in [0.25, 0.3) is 0 Å². The van der Waals surface area contributed by atoms with Crippen molar-refractivity contribution in [1.29, 1.82) is 0 Å². The molecule has 1 aromatic rings. The number of thioether (sulfide) groups is 1. The van der Waals surface area contributed by atoms with E-state index in [4.69, 9.17) is 0 Å². The van der Waals surface area contributed by atoms with Gasteiger partial charge in [-0.2, -0.15) is 13.2 Å². The molecule has 0 unspecified atom stereocenters. The van der Waals surface area contributed by atoms with Crippen LogP contribution >= 0.6 is 11.8 Å². The Morgan fingerprint density at radius 3 is 1.95 bits per heavy atom. The van der Waals surface area contributed by atoms with Crippen molar-refractivity contribution in [3.05, 3.63) is 35.4 Å². The number of imide groups is 1. The summed E-state index contributed by atoms with van der Waals surface area (Å²) >= 11 is -0.121. The van der Waals surface area contributed by atoms with Crippen LogP contribution in [0, 0.1) is 0 Å². The summed E-state index contributed by atoms with van der Waals surface area (Å²) < 4.78 is 36.2. The van der Waals surface area contributed by atoms with Crippen molar-refractivity contribution in [1.82, 2.24) is 4.90 Å². The van der Waals surface area contributed by atoms with Gasteiger partial charge in [-0.25, -0.2) is 0 Å². The van der Waals surface area contributed by atoms with Gasteiger partial charge in [0.25, 0.3) is 11.8 Å². The number of hydrogen-bond donors (Lipinski definition) is 0. The van der Waals surface area contributed by atoms with Crippen molar-refractivity contribution in [2.24, 2.45) is 0 Å². The average Bonchev–Trinajstić information content (AvgIpc) is 2.58. The maximum absolute atomic E-state index is 12.4. The molecule has 0 atom stereocenters. The Bertz CT molecular complexity index is 549. The number of rotatable bonds is 4. The minimum Gasteiger partial charge on any atom is -0.274 e. The van der Waals surface area contributed by atoms with E-state index in [-0.39, 0.29) is 24.7 Å². The van der Waals surface area contributed by atoms with E-state index in [1.807, 2.05) is 0 Å². The quantitative estimate of drug-likeness (QED) is 0.795. The average molecular weight is 317 g/mol. The minimum atomic E-state index is -4.34. The van der Waals surface area contributed by atoms with E-state index >= 15 is 0 Å². The predicted molar refractivity (Wildman–Crippen MR) is 74.2 cm³/mol. The first kappa shape index (κ1) is 15.9. The summed E-state index contributed by atoms with van der Waals surface area (Å²) in [6.45, 7) is 2.87. The number of alkyl halides is 3. The number of halogens is 3. The lowest BCUT2D eigenvalue weighted by atomic mass is 10.1. The molecule has 0 fully saturated rings. The smallest absolute Gasteiger partial charge is 0.274 e. The SMILES string of the molecule is CC(C)(CCN1C(=O)c2ccccc2C1=O)SC(F)(F)F. The van der Waals surface area contributed by atoms with Crippen LogP contribution in [0.3, 0.4) is 0 Å². The third kappa shape index (κ3) is 3.58. The summed E-state index contributed by atoms with van der Waals surface area (Å²) in [6.07, 6.45) is 0.0721. The monoisotopic (exact) mass is 317 g/mol. The Kier molecular flexibility index (Phi) is 4.06. The molecule has 0 aliphatic carbocycles. The molecule has 2 rings (SSSR count). The van der Waals surface area contributed by atoms with Gasteiger partial charge in [0.05, 0.1) is 11.1 Å². The molecule has 1 aromatic carbocycles. The maximum Gasteiger partial charge on any atom is 0.442 e.